The fourth-order valence-electron chi connectivity index (χ4n) is 3.97. The summed E-state index contributed by atoms with van der Waals surface area (Å²) < 4.78 is 32.6. The number of fused-ring (bicyclic) bond motifs is 1. The van der Waals surface area contributed by atoms with Crippen LogP contribution < -0.4 is 15.8 Å². The highest BCUT2D eigenvalue weighted by Gasteiger charge is 2.38. The number of nitrogens with two attached hydrogens (primary N) is 1. The average molecular weight is 442 g/mol. The number of ether oxygens (including phenoxy) is 1. The Kier molecular flexibility index (Phi) is 5.45. The van der Waals surface area contributed by atoms with E-state index in [0.717, 1.165) is 54.4 Å². The molecule has 0 atom stereocenters. The summed E-state index contributed by atoms with van der Waals surface area (Å²) in [5.41, 5.74) is 8.43. The van der Waals surface area contributed by atoms with E-state index in [9.17, 15) is 13.2 Å². The van der Waals surface area contributed by atoms with Gasteiger partial charge in [-0.2, -0.15) is 8.42 Å². The van der Waals surface area contributed by atoms with Crippen LogP contribution in [0.1, 0.15) is 47.2 Å². The number of amides is 1. The Balaban J connectivity index is 1.64. The third-order valence-corrected chi connectivity index (χ3v) is 5.64. The van der Waals surface area contributed by atoms with Crippen LogP contribution in [0.15, 0.2) is 59.8 Å². The number of nitrogens with one attached hydrogen (secondary N) is 1. The standard InChI is InChI=1S/C22H23N3O5S/c1-31(27,28)30-25-21(23)24-20(26)16-8-6-7-15(13-16)18-14-22(11-4-5-12-22)29-19-10-3-2-9-17(18)19/h2-3,6-10,13-14H,4-5,11-12H2,1H3,(H3,23,24,25,26). The van der Waals surface area contributed by atoms with E-state index in [-0.39, 0.29) is 5.60 Å². The highest BCUT2D eigenvalue weighted by atomic mass is 32.2. The highest BCUT2D eigenvalue weighted by Crippen LogP contribution is 2.45. The normalized spacial score (nSPS) is 17.5. The van der Waals surface area contributed by atoms with Crippen LogP contribution in [0, 0.1) is 0 Å². The Morgan fingerprint density at radius 3 is 2.65 bits per heavy atom. The first kappa shape index (κ1) is 20.9. The first-order valence-electron chi connectivity index (χ1n) is 9.90. The van der Waals surface area contributed by atoms with Gasteiger partial charge in [-0.1, -0.05) is 30.3 Å². The van der Waals surface area contributed by atoms with Crippen molar-refractivity contribution in [3.8, 4) is 5.75 Å². The predicted octanol–water partition coefficient (Wildman–Crippen LogP) is 2.76. The first-order valence-corrected chi connectivity index (χ1v) is 11.7. The van der Waals surface area contributed by atoms with Gasteiger partial charge in [0.05, 0.1) is 6.26 Å². The van der Waals surface area contributed by atoms with Crippen LogP contribution in [0.2, 0.25) is 0 Å². The third kappa shape index (κ3) is 4.72. The van der Waals surface area contributed by atoms with E-state index in [0.29, 0.717) is 5.56 Å². The zero-order valence-electron chi connectivity index (χ0n) is 17.0. The molecule has 1 spiro atoms. The molecule has 162 valence electrons. The zero-order valence-corrected chi connectivity index (χ0v) is 17.8. The Hall–Kier alpha value is -3.33. The third-order valence-electron chi connectivity index (χ3n) is 5.30. The van der Waals surface area contributed by atoms with Gasteiger partial charge in [0, 0.05) is 11.1 Å². The lowest BCUT2D eigenvalue weighted by Crippen LogP contribution is -2.37. The van der Waals surface area contributed by atoms with Crippen LogP contribution in [-0.4, -0.2) is 32.1 Å². The number of nitrogens with zero attached hydrogens (tertiary/aromatic N) is 1. The molecule has 4 rings (SSSR count). The van der Waals surface area contributed by atoms with Gasteiger partial charge in [-0.25, -0.2) is 0 Å². The summed E-state index contributed by atoms with van der Waals surface area (Å²) in [7, 11) is -3.82. The second-order valence-electron chi connectivity index (χ2n) is 7.72. The van der Waals surface area contributed by atoms with Crippen molar-refractivity contribution in [3.05, 3.63) is 71.3 Å². The van der Waals surface area contributed by atoms with Crippen molar-refractivity contribution in [1.82, 2.24) is 5.32 Å². The number of benzene rings is 2. The lowest BCUT2D eigenvalue weighted by molar-refractivity contribution is 0.0975. The molecule has 1 aliphatic carbocycles. The maximum absolute atomic E-state index is 12.6. The van der Waals surface area contributed by atoms with E-state index in [4.69, 9.17) is 10.5 Å². The van der Waals surface area contributed by atoms with E-state index >= 15 is 0 Å². The minimum absolute atomic E-state index is 0.317. The molecule has 2 aromatic carbocycles. The van der Waals surface area contributed by atoms with E-state index in [2.05, 4.69) is 20.8 Å². The van der Waals surface area contributed by atoms with Crippen LogP contribution in [0.25, 0.3) is 5.57 Å². The van der Waals surface area contributed by atoms with Gasteiger partial charge < -0.3 is 10.5 Å². The Morgan fingerprint density at radius 2 is 1.90 bits per heavy atom. The molecule has 2 aromatic rings. The molecule has 1 amide bonds. The van der Waals surface area contributed by atoms with Crippen molar-refractivity contribution >= 4 is 27.6 Å². The Bertz CT molecular complexity index is 1180. The van der Waals surface area contributed by atoms with E-state index in [1.165, 1.54) is 0 Å². The van der Waals surface area contributed by atoms with Crippen molar-refractivity contribution in [2.75, 3.05) is 6.26 Å². The SMILES string of the molecule is CS(=O)(=O)ON=C(N)NC(=O)c1cccc(C2=CC3(CCCC3)Oc3ccccc32)c1. The molecule has 0 radical (unpaired) electrons. The van der Waals surface area contributed by atoms with Gasteiger partial charge >= 0.3 is 10.1 Å². The molecule has 31 heavy (non-hydrogen) atoms. The predicted molar refractivity (Wildman–Crippen MR) is 117 cm³/mol. The number of rotatable bonds is 4. The number of hydrogen-bond acceptors (Lipinski definition) is 6. The van der Waals surface area contributed by atoms with Gasteiger partial charge in [-0.15, -0.1) is 0 Å². The first-order chi connectivity index (χ1) is 14.7. The number of guanidine groups is 1. The smallest absolute Gasteiger partial charge is 0.325 e. The Labute approximate surface area is 180 Å². The molecular weight excluding hydrogens is 418 g/mol. The fraction of sp³-hybridized carbons (Fsp3) is 0.273. The fourth-order valence-corrected chi connectivity index (χ4v) is 4.19. The maximum atomic E-state index is 12.6. The molecule has 3 N–H and O–H groups in total. The summed E-state index contributed by atoms with van der Waals surface area (Å²) in [6.07, 6.45) is 7.14. The molecule has 1 aliphatic heterocycles. The summed E-state index contributed by atoms with van der Waals surface area (Å²) in [5, 5.41) is 5.52. The second-order valence-corrected chi connectivity index (χ2v) is 9.28. The lowest BCUT2D eigenvalue weighted by atomic mass is 9.87. The average Bonchev–Trinajstić information content (AvgIpc) is 3.18. The van der Waals surface area contributed by atoms with E-state index in [1.54, 1.807) is 18.2 Å². The summed E-state index contributed by atoms with van der Waals surface area (Å²) in [5.74, 6) is -0.149. The molecular formula is C22H23N3O5S. The quantitative estimate of drug-likeness (QED) is 0.428. The van der Waals surface area contributed by atoms with Crippen LogP contribution >= 0.6 is 0 Å². The molecule has 8 nitrogen and oxygen atoms in total. The lowest BCUT2D eigenvalue weighted by Gasteiger charge is -2.34. The van der Waals surface area contributed by atoms with E-state index in [1.807, 2.05) is 30.3 Å². The number of carbonyl (C=O) groups excluding carboxylic acids is 1. The van der Waals surface area contributed by atoms with Crippen molar-refractivity contribution in [1.29, 1.82) is 0 Å². The van der Waals surface area contributed by atoms with Gasteiger partial charge in [-0.3, -0.25) is 14.4 Å². The van der Waals surface area contributed by atoms with Gasteiger partial charge in [0.2, 0.25) is 5.96 Å². The van der Waals surface area contributed by atoms with Crippen molar-refractivity contribution in [3.63, 3.8) is 0 Å². The number of para-hydroxylation sites is 1. The molecule has 0 aromatic heterocycles. The number of oxime groups is 1. The monoisotopic (exact) mass is 441 g/mol. The summed E-state index contributed by atoms with van der Waals surface area (Å²) in [6, 6.07) is 15.0. The van der Waals surface area contributed by atoms with Crippen LogP contribution in [0.3, 0.4) is 0 Å². The highest BCUT2D eigenvalue weighted by molar-refractivity contribution is 7.85. The van der Waals surface area contributed by atoms with Crippen molar-refractivity contribution < 1.29 is 22.2 Å². The minimum Gasteiger partial charge on any atom is -0.483 e. The van der Waals surface area contributed by atoms with Crippen LogP contribution in [-0.2, 0) is 14.4 Å². The molecule has 1 saturated carbocycles. The Morgan fingerprint density at radius 1 is 1.16 bits per heavy atom. The van der Waals surface area contributed by atoms with Crippen LogP contribution in [0.4, 0.5) is 0 Å². The van der Waals surface area contributed by atoms with Gasteiger partial charge in [0.25, 0.3) is 5.91 Å². The zero-order chi connectivity index (χ0) is 22.1. The van der Waals surface area contributed by atoms with Gasteiger partial charge in [-0.05, 0) is 66.3 Å². The van der Waals surface area contributed by atoms with Gasteiger partial charge in [0.1, 0.15) is 11.4 Å². The molecule has 0 saturated heterocycles. The maximum Gasteiger partial charge on any atom is 0.325 e. The molecule has 0 unspecified atom stereocenters. The minimum atomic E-state index is -3.82. The number of carbonyl (C=O) groups is 1. The number of hydrogen-bond donors (Lipinski definition) is 2. The largest absolute Gasteiger partial charge is 0.483 e. The van der Waals surface area contributed by atoms with Crippen molar-refractivity contribution in [2.24, 2.45) is 10.9 Å². The summed E-state index contributed by atoms with van der Waals surface area (Å²) in [4.78, 5) is 12.6. The van der Waals surface area contributed by atoms with Gasteiger partial charge in [0.15, 0.2) is 0 Å². The molecule has 1 heterocycles. The van der Waals surface area contributed by atoms with Crippen LogP contribution in [0.5, 0.6) is 5.75 Å². The topological polar surface area (TPSA) is 120 Å². The molecule has 0 bridgehead atoms. The summed E-state index contributed by atoms with van der Waals surface area (Å²) >= 11 is 0. The van der Waals surface area contributed by atoms with Crippen molar-refractivity contribution in [2.45, 2.75) is 31.3 Å². The molecule has 1 fully saturated rings. The molecule has 2 aliphatic rings. The van der Waals surface area contributed by atoms with E-state index < -0.39 is 22.0 Å². The summed E-state index contributed by atoms with van der Waals surface area (Å²) in [6.45, 7) is 0. The molecule has 9 heteroatoms. The second kappa shape index (κ2) is 8.07.